The van der Waals surface area contributed by atoms with Gasteiger partial charge in [-0.3, -0.25) is 0 Å². The molecular weight excluding hydrogens is 260 g/mol. The van der Waals surface area contributed by atoms with Crippen LogP contribution < -0.4 is 5.32 Å². The van der Waals surface area contributed by atoms with Crippen LogP contribution in [0.15, 0.2) is 23.1 Å². The summed E-state index contributed by atoms with van der Waals surface area (Å²) < 4.78 is 26.8. The van der Waals surface area contributed by atoms with Gasteiger partial charge in [-0.05, 0) is 63.0 Å². The van der Waals surface area contributed by atoms with Crippen molar-refractivity contribution in [3.05, 3.63) is 29.3 Å². The molecule has 1 N–H and O–H groups in total. The van der Waals surface area contributed by atoms with Crippen LogP contribution in [0.3, 0.4) is 0 Å². The van der Waals surface area contributed by atoms with Crippen molar-refractivity contribution in [1.82, 2.24) is 9.62 Å². The van der Waals surface area contributed by atoms with Gasteiger partial charge < -0.3 is 5.32 Å². The van der Waals surface area contributed by atoms with E-state index >= 15 is 0 Å². The van der Waals surface area contributed by atoms with Crippen LogP contribution in [0.4, 0.5) is 0 Å². The molecule has 0 aromatic heterocycles. The minimum absolute atomic E-state index is 0.422. The lowest BCUT2D eigenvalue weighted by molar-refractivity contribution is 0.451. The standard InChI is InChI=1S/C14H22N2O2S/c1-11-6-12(2)8-14(7-11)19(17,18)16-5-4-13(10-16)9-15-3/h6-8,13,15H,4-5,9-10H2,1-3H3. The van der Waals surface area contributed by atoms with E-state index in [0.29, 0.717) is 23.9 Å². The van der Waals surface area contributed by atoms with Gasteiger partial charge in [-0.1, -0.05) is 6.07 Å². The number of nitrogens with one attached hydrogen (secondary N) is 1. The molecule has 0 radical (unpaired) electrons. The van der Waals surface area contributed by atoms with E-state index in [2.05, 4.69) is 5.32 Å². The average molecular weight is 282 g/mol. The third kappa shape index (κ3) is 3.16. The molecule has 1 atom stereocenters. The highest BCUT2D eigenvalue weighted by molar-refractivity contribution is 7.89. The van der Waals surface area contributed by atoms with E-state index in [1.54, 1.807) is 16.4 Å². The van der Waals surface area contributed by atoms with Crippen LogP contribution in [-0.4, -0.2) is 39.4 Å². The van der Waals surface area contributed by atoms with E-state index in [1.165, 1.54) is 0 Å². The molecule has 0 spiro atoms. The van der Waals surface area contributed by atoms with Crippen molar-refractivity contribution in [2.45, 2.75) is 25.2 Å². The van der Waals surface area contributed by atoms with Crippen LogP contribution in [0.2, 0.25) is 0 Å². The zero-order valence-electron chi connectivity index (χ0n) is 11.8. The summed E-state index contributed by atoms with van der Waals surface area (Å²) in [5.41, 5.74) is 1.98. The fraction of sp³-hybridized carbons (Fsp3) is 0.571. The fourth-order valence-corrected chi connectivity index (χ4v) is 4.42. The molecule has 0 amide bonds. The van der Waals surface area contributed by atoms with Crippen molar-refractivity contribution in [3.63, 3.8) is 0 Å². The molecule has 0 aliphatic carbocycles. The first kappa shape index (κ1) is 14.5. The lowest BCUT2D eigenvalue weighted by Crippen LogP contribution is -2.30. The molecule has 5 heteroatoms. The molecule has 19 heavy (non-hydrogen) atoms. The van der Waals surface area contributed by atoms with Crippen molar-refractivity contribution >= 4 is 10.0 Å². The Hall–Kier alpha value is -0.910. The Balaban J connectivity index is 2.23. The lowest BCUT2D eigenvalue weighted by atomic mass is 10.1. The van der Waals surface area contributed by atoms with Crippen molar-refractivity contribution in [2.24, 2.45) is 5.92 Å². The molecule has 1 aromatic carbocycles. The predicted octanol–water partition coefficient (Wildman–Crippen LogP) is 1.53. The number of hydrogen-bond acceptors (Lipinski definition) is 3. The monoisotopic (exact) mass is 282 g/mol. The Kier molecular flexibility index (Phi) is 4.28. The topological polar surface area (TPSA) is 49.4 Å². The summed E-state index contributed by atoms with van der Waals surface area (Å²) in [5, 5.41) is 3.12. The van der Waals surface area contributed by atoms with Crippen LogP contribution in [0, 0.1) is 19.8 Å². The first-order valence-electron chi connectivity index (χ1n) is 6.66. The number of aryl methyl sites for hydroxylation is 2. The number of hydrogen-bond donors (Lipinski definition) is 1. The normalized spacial score (nSPS) is 20.9. The van der Waals surface area contributed by atoms with Crippen molar-refractivity contribution in [3.8, 4) is 0 Å². The molecule has 0 bridgehead atoms. The molecule has 4 nitrogen and oxygen atoms in total. The average Bonchev–Trinajstić information content (AvgIpc) is 2.77. The van der Waals surface area contributed by atoms with Crippen LogP contribution in [0.5, 0.6) is 0 Å². The SMILES string of the molecule is CNCC1CCN(S(=O)(=O)c2cc(C)cc(C)c2)C1. The van der Waals surface area contributed by atoms with Gasteiger partial charge in [0.05, 0.1) is 4.90 Å². The maximum atomic E-state index is 12.6. The van der Waals surface area contributed by atoms with Gasteiger partial charge in [0, 0.05) is 13.1 Å². The third-order valence-corrected chi connectivity index (χ3v) is 5.42. The van der Waals surface area contributed by atoms with Gasteiger partial charge >= 0.3 is 0 Å². The van der Waals surface area contributed by atoms with E-state index in [-0.39, 0.29) is 0 Å². The summed E-state index contributed by atoms with van der Waals surface area (Å²) in [6.07, 6.45) is 0.935. The maximum absolute atomic E-state index is 12.6. The summed E-state index contributed by atoms with van der Waals surface area (Å²) in [5.74, 6) is 0.422. The van der Waals surface area contributed by atoms with Crippen molar-refractivity contribution < 1.29 is 8.42 Å². The van der Waals surface area contributed by atoms with E-state index in [1.807, 2.05) is 27.0 Å². The Labute approximate surface area is 115 Å². The maximum Gasteiger partial charge on any atom is 0.243 e. The number of nitrogens with zero attached hydrogens (tertiary/aromatic N) is 1. The first-order valence-corrected chi connectivity index (χ1v) is 8.10. The number of sulfonamides is 1. The second kappa shape index (κ2) is 5.61. The summed E-state index contributed by atoms with van der Waals surface area (Å²) in [6, 6.07) is 5.51. The fourth-order valence-electron chi connectivity index (χ4n) is 2.70. The smallest absolute Gasteiger partial charge is 0.243 e. The molecule has 1 fully saturated rings. The minimum Gasteiger partial charge on any atom is -0.319 e. The molecule has 1 aliphatic heterocycles. The molecule has 2 rings (SSSR count). The van der Waals surface area contributed by atoms with E-state index < -0.39 is 10.0 Å². The van der Waals surface area contributed by atoms with Gasteiger partial charge in [0.1, 0.15) is 0 Å². The van der Waals surface area contributed by atoms with Crippen molar-refractivity contribution in [2.75, 3.05) is 26.7 Å². The zero-order valence-corrected chi connectivity index (χ0v) is 12.6. The van der Waals surface area contributed by atoms with Crippen LogP contribution in [0.1, 0.15) is 17.5 Å². The highest BCUT2D eigenvalue weighted by Gasteiger charge is 2.32. The number of rotatable bonds is 4. The summed E-state index contributed by atoms with van der Waals surface area (Å²) in [7, 11) is -1.43. The summed E-state index contributed by atoms with van der Waals surface area (Å²) in [4.78, 5) is 0.426. The first-order chi connectivity index (χ1) is 8.93. The van der Waals surface area contributed by atoms with Crippen LogP contribution in [0.25, 0.3) is 0 Å². The highest BCUT2D eigenvalue weighted by atomic mass is 32.2. The van der Waals surface area contributed by atoms with Crippen LogP contribution in [-0.2, 0) is 10.0 Å². The molecule has 1 heterocycles. The second-order valence-electron chi connectivity index (χ2n) is 5.40. The predicted molar refractivity (Wildman–Crippen MR) is 76.7 cm³/mol. The van der Waals surface area contributed by atoms with Gasteiger partial charge in [0.2, 0.25) is 10.0 Å². The molecule has 1 aromatic rings. The summed E-state index contributed by atoms with van der Waals surface area (Å²) >= 11 is 0. The minimum atomic E-state index is -3.33. The second-order valence-corrected chi connectivity index (χ2v) is 7.34. The third-order valence-electron chi connectivity index (χ3n) is 3.57. The van der Waals surface area contributed by atoms with Gasteiger partial charge in [0.25, 0.3) is 0 Å². The Morgan fingerprint density at radius 2 is 1.89 bits per heavy atom. The molecule has 1 saturated heterocycles. The molecule has 106 valence electrons. The van der Waals surface area contributed by atoms with E-state index in [4.69, 9.17) is 0 Å². The quantitative estimate of drug-likeness (QED) is 0.911. The lowest BCUT2D eigenvalue weighted by Gasteiger charge is -2.17. The van der Waals surface area contributed by atoms with Crippen LogP contribution >= 0.6 is 0 Å². The van der Waals surface area contributed by atoms with Crippen molar-refractivity contribution in [1.29, 1.82) is 0 Å². The van der Waals surface area contributed by atoms with Gasteiger partial charge in [-0.2, -0.15) is 4.31 Å². The molecular formula is C14H22N2O2S. The largest absolute Gasteiger partial charge is 0.319 e. The van der Waals surface area contributed by atoms with Gasteiger partial charge in [0.15, 0.2) is 0 Å². The highest BCUT2D eigenvalue weighted by Crippen LogP contribution is 2.25. The Morgan fingerprint density at radius 1 is 1.26 bits per heavy atom. The van der Waals surface area contributed by atoms with E-state index in [0.717, 1.165) is 24.1 Å². The Bertz CT molecular complexity index is 534. The van der Waals surface area contributed by atoms with Gasteiger partial charge in [-0.25, -0.2) is 8.42 Å². The molecule has 1 aliphatic rings. The zero-order chi connectivity index (χ0) is 14.0. The molecule has 1 unspecified atom stereocenters. The van der Waals surface area contributed by atoms with Gasteiger partial charge in [-0.15, -0.1) is 0 Å². The Morgan fingerprint density at radius 3 is 2.47 bits per heavy atom. The number of benzene rings is 1. The van der Waals surface area contributed by atoms with E-state index in [9.17, 15) is 8.42 Å². The summed E-state index contributed by atoms with van der Waals surface area (Å²) in [6.45, 7) is 5.98. The molecule has 0 saturated carbocycles.